The summed E-state index contributed by atoms with van der Waals surface area (Å²) in [6, 6.07) is 13.6. The highest BCUT2D eigenvalue weighted by Crippen LogP contribution is 2.41. The zero-order valence-electron chi connectivity index (χ0n) is 14.2. The number of hydrogen-bond donors (Lipinski definition) is 1. The number of thiol groups is 1. The summed E-state index contributed by atoms with van der Waals surface area (Å²) in [4.78, 5) is 14.2. The first-order valence-electron chi connectivity index (χ1n) is 8.45. The van der Waals surface area contributed by atoms with E-state index in [-0.39, 0.29) is 11.0 Å². The molecule has 0 aromatic heterocycles. The van der Waals surface area contributed by atoms with Crippen molar-refractivity contribution < 1.29 is 9.53 Å². The van der Waals surface area contributed by atoms with Crippen LogP contribution in [0.2, 0.25) is 0 Å². The van der Waals surface area contributed by atoms with Gasteiger partial charge in [-0.05, 0) is 43.0 Å². The van der Waals surface area contributed by atoms with Crippen molar-refractivity contribution in [2.24, 2.45) is 0 Å². The zero-order valence-corrected chi connectivity index (χ0v) is 15.1. The van der Waals surface area contributed by atoms with Crippen LogP contribution in [0.15, 0.2) is 42.5 Å². The summed E-state index contributed by atoms with van der Waals surface area (Å²) in [7, 11) is 0. The van der Waals surface area contributed by atoms with Crippen molar-refractivity contribution in [2.75, 3.05) is 18.0 Å². The number of hydrogen-bond acceptors (Lipinski definition) is 3. The van der Waals surface area contributed by atoms with Crippen LogP contribution in [0.25, 0.3) is 0 Å². The lowest BCUT2D eigenvalue weighted by Gasteiger charge is -2.25. The van der Waals surface area contributed by atoms with Gasteiger partial charge in [-0.2, -0.15) is 0 Å². The van der Waals surface area contributed by atoms with E-state index in [0.717, 1.165) is 35.8 Å². The van der Waals surface area contributed by atoms with Crippen molar-refractivity contribution in [2.45, 2.75) is 32.6 Å². The number of carbonyl (C=O) groups is 1. The van der Waals surface area contributed by atoms with Gasteiger partial charge in [-0.1, -0.05) is 32.0 Å². The highest BCUT2D eigenvalue weighted by atomic mass is 32.1. The van der Waals surface area contributed by atoms with E-state index < -0.39 is 0 Å². The molecule has 1 heterocycles. The van der Waals surface area contributed by atoms with Crippen molar-refractivity contribution in [3.8, 4) is 11.5 Å². The van der Waals surface area contributed by atoms with Crippen molar-refractivity contribution >= 4 is 23.4 Å². The molecular formula is C20H23NO2S. The van der Waals surface area contributed by atoms with Crippen LogP contribution in [0.3, 0.4) is 0 Å². The largest absolute Gasteiger partial charge is 0.455 e. The third-order valence-electron chi connectivity index (χ3n) is 4.38. The first-order valence-corrected chi connectivity index (χ1v) is 8.90. The van der Waals surface area contributed by atoms with Crippen molar-refractivity contribution in [3.63, 3.8) is 0 Å². The lowest BCUT2D eigenvalue weighted by Crippen LogP contribution is -2.19. The van der Waals surface area contributed by atoms with E-state index in [9.17, 15) is 4.79 Å². The fraction of sp³-hybridized carbons (Fsp3) is 0.350. The molecule has 126 valence electrons. The van der Waals surface area contributed by atoms with Gasteiger partial charge in [0.1, 0.15) is 5.75 Å². The molecule has 4 heteroatoms. The smallest absolute Gasteiger partial charge is 0.216 e. The predicted octanol–water partition coefficient (Wildman–Crippen LogP) is 5.27. The van der Waals surface area contributed by atoms with Gasteiger partial charge < -0.3 is 9.64 Å². The monoisotopic (exact) mass is 341 g/mol. The molecule has 0 amide bonds. The number of rotatable bonds is 5. The molecule has 1 saturated heterocycles. The number of anilines is 1. The van der Waals surface area contributed by atoms with Gasteiger partial charge in [0.05, 0.1) is 5.69 Å². The molecule has 0 unspecified atom stereocenters. The molecule has 0 radical (unpaired) electrons. The average molecular weight is 341 g/mol. The molecule has 0 N–H and O–H groups in total. The Kier molecular flexibility index (Phi) is 5.14. The van der Waals surface area contributed by atoms with Gasteiger partial charge in [-0.25, -0.2) is 0 Å². The molecule has 1 aliphatic heterocycles. The third kappa shape index (κ3) is 3.59. The highest BCUT2D eigenvalue weighted by molar-refractivity contribution is 7.97. The molecule has 0 spiro atoms. The van der Waals surface area contributed by atoms with Crippen LogP contribution in [0.4, 0.5) is 5.69 Å². The lowest BCUT2D eigenvalue weighted by atomic mass is 9.98. The summed E-state index contributed by atoms with van der Waals surface area (Å²) in [5.74, 6) is 1.92. The van der Waals surface area contributed by atoms with Crippen LogP contribution >= 0.6 is 12.6 Å². The first-order chi connectivity index (χ1) is 11.6. The quantitative estimate of drug-likeness (QED) is 0.751. The maximum absolute atomic E-state index is 11.9. The summed E-state index contributed by atoms with van der Waals surface area (Å²) in [6.45, 7) is 6.22. The van der Waals surface area contributed by atoms with E-state index in [4.69, 9.17) is 4.74 Å². The molecule has 3 rings (SSSR count). The van der Waals surface area contributed by atoms with Crippen LogP contribution in [0.5, 0.6) is 11.5 Å². The summed E-state index contributed by atoms with van der Waals surface area (Å²) >= 11 is 4.03. The zero-order chi connectivity index (χ0) is 17.1. The number of ether oxygens (including phenoxy) is 1. The summed E-state index contributed by atoms with van der Waals surface area (Å²) in [5.41, 5.74) is 2.67. The predicted molar refractivity (Wildman–Crippen MR) is 102 cm³/mol. The van der Waals surface area contributed by atoms with Gasteiger partial charge in [0.25, 0.3) is 0 Å². The molecule has 0 saturated carbocycles. The number of nitrogens with zero attached hydrogens (tertiary/aromatic N) is 1. The molecule has 1 aliphatic rings. The normalized spacial score (nSPS) is 14.2. The number of para-hydroxylation sites is 1. The molecule has 0 atom stereocenters. The molecule has 2 aromatic rings. The Hall–Kier alpha value is -1.94. The Balaban J connectivity index is 2.13. The van der Waals surface area contributed by atoms with Gasteiger partial charge in [0.2, 0.25) is 5.12 Å². The van der Waals surface area contributed by atoms with E-state index in [1.54, 1.807) is 0 Å². The minimum Gasteiger partial charge on any atom is -0.455 e. The minimum absolute atomic E-state index is 0.205. The molecule has 1 fully saturated rings. The maximum Gasteiger partial charge on any atom is 0.216 e. The number of benzene rings is 2. The second-order valence-corrected chi connectivity index (χ2v) is 6.89. The van der Waals surface area contributed by atoms with Gasteiger partial charge in [-0.15, -0.1) is 12.6 Å². The van der Waals surface area contributed by atoms with E-state index in [2.05, 4.69) is 31.4 Å². The van der Waals surface area contributed by atoms with Gasteiger partial charge in [0, 0.05) is 24.2 Å². The Labute approximate surface area is 149 Å². The van der Waals surface area contributed by atoms with Gasteiger partial charge >= 0.3 is 0 Å². The molecule has 24 heavy (non-hydrogen) atoms. The minimum atomic E-state index is -0.205. The van der Waals surface area contributed by atoms with Crippen molar-refractivity contribution in [3.05, 3.63) is 53.6 Å². The first kappa shape index (κ1) is 16.9. The molecule has 2 aromatic carbocycles. The topological polar surface area (TPSA) is 29.5 Å². The summed E-state index contributed by atoms with van der Waals surface area (Å²) < 4.78 is 6.27. The Morgan fingerprint density at radius 3 is 2.38 bits per heavy atom. The molecule has 0 aliphatic carbocycles. The van der Waals surface area contributed by atoms with E-state index in [1.165, 1.54) is 12.8 Å². The second-order valence-electron chi connectivity index (χ2n) is 6.48. The van der Waals surface area contributed by atoms with E-state index >= 15 is 0 Å². The lowest BCUT2D eigenvalue weighted by molar-refractivity contribution is 0.109. The molecule has 0 bridgehead atoms. The third-order valence-corrected chi connectivity index (χ3v) is 4.64. The highest BCUT2D eigenvalue weighted by Gasteiger charge is 2.23. The Morgan fingerprint density at radius 1 is 1.12 bits per heavy atom. The van der Waals surface area contributed by atoms with Crippen LogP contribution in [0.1, 0.15) is 48.5 Å². The maximum atomic E-state index is 11.9. The Bertz CT molecular complexity index is 722. The van der Waals surface area contributed by atoms with Gasteiger partial charge in [0.15, 0.2) is 5.75 Å². The number of carbonyl (C=O) groups excluding carboxylic acids is 1. The summed E-state index contributed by atoms with van der Waals surface area (Å²) in [6.07, 6.45) is 2.33. The fourth-order valence-electron chi connectivity index (χ4n) is 3.10. The standard InChI is InChI=1S/C20H23NO2S/c1-14(2)17-12-15(20(22)24)13-18(21-10-6-7-11-21)19(17)23-16-8-4-3-5-9-16/h3-5,8-9,12-14H,6-7,10-11H2,1-2H3,(H,22,24). The van der Waals surface area contributed by atoms with E-state index in [0.29, 0.717) is 5.56 Å². The molecular weight excluding hydrogens is 318 g/mol. The molecule has 3 nitrogen and oxygen atoms in total. The van der Waals surface area contributed by atoms with Crippen LogP contribution in [0, 0.1) is 0 Å². The SMILES string of the molecule is CC(C)c1cc(C(=O)S)cc(N2CCCC2)c1Oc1ccccc1. The van der Waals surface area contributed by atoms with Crippen molar-refractivity contribution in [1.29, 1.82) is 0 Å². The van der Waals surface area contributed by atoms with Crippen molar-refractivity contribution in [1.82, 2.24) is 0 Å². The van der Waals surface area contributed by atoms with Crippen LogP contribution < -0.4 is 9.64 Å². The van der Waals surface area contributed by atoms with Gasteiger partial charge in [-0.3, -0.25) is 4.79 Å². The fourth-order valence-corrected chi connectivity index (χ4v) is 3.23. The van der Waals surface area contributed by atoms with E-state index in [1.807, 2.05) is 42.5 Å². The second kappa shape index (κ2) is 7.31. The Morgan fingerprint density at radius 2 is 1.79 bits per heavy atom. The van der Waals surface area contributed by atoms with Crippen LogP contribution in [-0.4, -0.2) is 18.2 Å². The van der Waals surface area contributed by atoms with Crippen LogP contribution in [-0.2, 0) is 0 Å². The summed E-state index contributed by atoms with van der Waals surface area (Å²) in [5, 5.41) is -0.205. The average Bonchev–Trinajstić information content (AvgIpc) is 3.09.